The van der Waals surface area contributed by atoms with Crippen LogP contribution in [0.25, 0.3) is 10.9 Å². The van der Waals surface area contributed by atoms with E-state index in [2.05, 4.69) is 15.5 Å². The van der Waals surface area contributed by atoms with Crippen LogP contribution in [0.5, 0.6) is 28.7 Å². The van der Waals surface area contributed by atoms with Gasteiger partial charge in [0.05, 0.1) is 57.3 Å². The van der Waals surface area contributed by atoms with Crippen molar-refractivity contribution in [3.8, 4) is 28.7 Å². The number of benzene rings is 3. The van der Waals surface area contributed by atoms with E-state index in [1.807, 2.05) is 42.5 Å². The molecule has 10 heteroatoms. The number of para-hydroxylation sites is 1. The van der Waals surface area contributed by atoms with E-state index in [-0.39, 0.29) is 37.2 Å². The molecule has 1 fully saturated rings. The molecule has 0 bridgehead atoms. The summed E-state index contributed by atoms with van der Waals surface area (Å²) in [4.78, 5) is 13.4. The molecule has 200 valence electrons. The molecule has 0 radical (unpaired) electrons. The Morgan fingerprint density at radius 3 is 2.41 bits per heavy atom. The van der Waals surface area contributed by atoms with Crippen LogP contribution in [0.15, 0.2) is 48.7 Å². The average molecular weight is 530 g/mol. The van der Waals surface area contributed by atoms with Crippen LogP contribution in [-0.4, -0.2) is 50.9 Å². The van der Waals surface area contributed by atoms with Gasteiger partial charge in [0.2, 0.25) is 12.5 Å². The largest absolute Gasteiger partial charge is 0.493 e. The lowest BCUT2D eigenvalue weighted by molar-refractivity contribution is -0.141. The Hall–Kier alpha value is -4.60. The van der Waals surface area contributed by atoms with Gasteiger partial charge in [-0.1, -0.05) is 12.1 Å². The third-order valence-corrected chi connectivity index (χ3v) is 8.02. The number of fused-ring (bicyclic) bond motifs is 4. The number of carbonyl (C=O) groups is 1. The predicted octanol–water partition coefficient (Wildman–Crippen LogP) is 4.41. The van der Waals surface area contributed by atoms with Crippen LogP contribution in [0.4, 0.5) is 5.69 Å². The Morgan fingerprint density at radius 2 is 1.69 bits per heavy atom. The number of esters is 1. The van der Waals surface area contributed by atoms with Gasteiger partial charge in [-0.25, -0.2) is 0 Å². The molecule has 39 heavy (non-hydrogen) atoms. The third-order valence-electron chi connectivity index (χ3n) is 8.02. The predicted molar refractivity (Wildman–Crippen MR) is 141 cm³/mol. The van der Waals surface area contributed by atoms with Crippen molar-refractivity contribution in [2.45, 2.75) is 12.0 Å². The third kappa shape index (κ3) is 3.54. The van der Waals surface area contributed by atoms with Gasteiger partial charge in [0.25, 0.3) is 0 Å². The van der Waals surface area contributed by atoms with E-state index in [0.717, 1.165) is 33.3 Å². The number of rotatable bonds is 6. The maximum absolute atomic E-state index is 13.4. The van der Waals surface area contributed by atoms with Crippen molar-refractivity contribution in [3.63, 3.8) is 0 Å². The number of hydrogen-bond acceptors (Lipinski definition) is 9. The number of ether oxygens (including phenoxy) is 6. The monoisotopic (exact) mass is 529 g/mol. The smallest absolute Gasteiger partial charge is 0.310 e. The minimum absolute atomic E-state index is 0.146. The number of nitrogens with zero attached hydrogens (tertiary/aromatic N) is 1. The lowest BCUT2D eigenvalue weighted by Crippen LogP contribution is -2.37. The van der Waals surface area contributed by atoms with Gasteiger partial charge >= 0.3 is 5.97 Å². The van der Waals surface area contributed by atoms with Crippen LogP contribution < -0.4 is 29.0 Å². The molecule has 7 rings (SSSR count). The van der Waals surface area contributed by atoms with E-state index in [1.54, 1.807) is 27.5 Å². The second-order valence-electron chi connectivity index (χ2n) is 9.85. The fourth-order valence-electron chi connectivity index (χ4n) is 6.29. The van der Waals surface area contributed by atoms with Gasteiger partial charge in [0, 0.05) is 17.2 Å². The van der Waals surface area contributed by atoms with Gasteiger partial charge in [0.1, 0.15) is 0 Å². The first-order valence-corrected chi connectivity index (χ1v) is 12.7. The van der Waals surface area contributed by atoms with Crippen molar-refractivity contribution in [2.24, 2.45) is 11.8 Å². The Bertz CT molecular complexity index is 1570. The molecule has 4 aromatic rings. The molecule has 2 N–H and O–H groups in total. The summed E-state index contributed by atoms with van der Waals surface area (Å²) in [6.45, 7) is 0.433. The maximum Gasteiger partial charge on any atom is 0.310 e. The van der Waals surface area contributed by atoms with Crippen molar-refractivity contribution in [1.82, 2.24) is 10.2 Å². The fraction of sp³-hybridized carbons (Fsp3) is 0.310. The summed E-state index contributed by atoms with van der Waals surface area (Å²) in [5.74, 6) is 1.64. The molecular weight excluding hydrogens is 502 g/mol. The number of cyclic esters (lactones) is 1. The first-order valence-electron chi connectivity index (χ1n) is 12.7. The molecule has 0 unspecified atom stereocenters. The minimum Gasteiger partial charge on any atom is -0.493 e. The molecule has 3 aromatic carbocycles. The van der Waals surface area contributed by atoms with Gasteiger partial charge in [-0.2, -0.15) is 5.10 Å². The van der Waals surface area contributed by atoms with Crippen LogP contribution in [0.3, 0.4) is 0 Å². The van der Waals surface area contributed by atoms with Gasteiger partial charge in [0.15, 0.2) is 23.0 Å². The Labute approximate surface area is 224 Å². The first kappa shape index (κ1) is 23.5. The number of carbonyl (C=O) groups excluding carboxylic acids is 1. The Balaban J connectivity index is 1.43. The summed E-state index contributed by atoms with van der Waals surface area (Å²) < 4.78 is 34.1. The molecule has 1 aliphatic carbocycles. The zero-order valence-electron chi connectivity index (χ0n) is 21.6. The van der Waals surface area contributed by atoms with E-state index in [9.17, 15) is 4.79 Å². The summed E-state index contributed by atoms with van der Waals surface area (Å²) >= 11 is 0. The SMILES string of the molecule is COc1cc([C@@H]2c3cc4c(cc3[C@@H](Nc3cccc5cn[nH]c35)[C@H]3COC(=O)[C@H]23)OCO4)cc(OC)c1OC. The normalized spacial score (nSPS) is 22.7. The zero-order valence-corrected chi connectivity index (χ0v) is 21.6. The van der Waals surface area contributed by atoms with Gasteiger partial charge < -0.3 is 33.7 Å². The second-order valence-corrected chi connectivity index (χ2v) is 9.85. The molecule has 10 nitrogen and oxygen atoms in total. The van der Waals surface area contributed by atoms with Crippen LogP contribution >= 0.6 is 0 Å². The lowest BCUT2D eigenvalue weighted by atomic mass is 9.65. The Kier molecular flexibility index (Phi) is 5.43. The van der Waals surface area contributed by atoms with E-state index in [4.69, 9.17) is 28.4 Å². The highest BCUT2D eigenvalue weighted by Crippen LogP contribution is 2.56. The summed E-state index contributed by atoms with van der Waals surface area (Å²) in [7, 11) is 4.73. The summed E-state index contributed by atoms with van der Waals surface area (Å²) in [6, 6.07) is 13.6. The van der Waals surface area contributed by atoms with E-state index in [0.29, 0.717) is 28.7 Å². The van der Waals surface area contributed by atoms with Gasteiger partial charge in [-0.3, -0.25) is 9.89 Å². The quantitative estimate of drug-likeness (QED) is 0.351. The molecule has 2 aliphatic heterocycles. The number of aromatic nitrogens is 2. The molecule has 0 amide bonds. The van der Waals surface area contributed by atoms with E-state index >= 15 is 0 Å². The van der Waals surface area contributed by atoms with Crippen molar-refractivity contribution in [2.75, 3.05) is 40.0 Å². The van der Waals surface area contributed by atoms with Crippen LogP contribution in [0.2, 0.25) is 0 Å². The highest BCUT2D eigenvalue weighted by molar-refractivity contribution is 5.90. The molecule has 1 saturated heterocycles. The van der Waals surface area contributed by atoms with Crippen molar-refractivity contribution in [3.05, 3.63) is 65.4 Å². The van der Waals surface area contributed by atoms with Crippen molar-refractivity contribution in [1.29, 1.82) is 0 Å². The molecule has 3 aliphatic rings. The van der Waals surface area contributed by atoms with Crippen LogP contribution in [-0.2, 0) is 9.53 Å². The molecule has 1 aromatic heterocycles. The topological polar surface area (TPSA) is 113 Å². The number of hydrogen-bond donors (Lipinski definition) is 2. The molecule has 3 heterocycles. The van der Waals surface area contributed by atoms with Gasteiger partial charge in [-0.05, 0) is 47.0 Å². The minimum atomic E-state index is -0.459. The first-order chi connectivity index (χ1) is 19.1. The van der Waals surface area contributed by atoms with Crippen LogP contribution in [0, 0.1) is 11.8 Å². The fourth-order valence-corrected chi connectivity index (χ4v) is 6.29. The summed E-state index contributed by atoms with van der Waals surface area (Å²) in [5, 5.41) is 12.0. The zero-order chi connectivity index (χ0) is 26.7. The standard InChI is InChI=1S/C29H27N3O7/c1-34-22-7-15(8-23(35-2)28(22)36-3)24-16-9-20-21(39-13-38-20)10-17(16)27(18-12-37-29(33)25(18)24)31-19-6-4-5-14-11-30-32-26(14)19/h4-11,18,24-25,27,31H,12-13H2,1-3H3,(H,30,32)/t18-,24+,25-,27+/m0/s1. The number of aromatic amines is 1. The second kappa shape index (κ2) is 9.00. The van der Waals surface area contributed by atoms with Crippen LogP contribution in [0.1, 0.15) is 28.7 Å². The average Bonchev–Trinajstić information content (AvgIpc) is 3.71. The van der Waals surface area contributed by atoms with E-state index < -0.39 is 5.92 Å². The Morgan fingerprint density at radius 1 is 0.949 bits per heavy atom. The number of H-pyrrole nitrogens is 1. The maximum atomic E-state index is 13.4. The highest BCUT2D eigenvalue weighted by Gasteiger charge is 2.53. The van der Waals surface area contributed by atoms with Crippen molar-refractivity contribution >= 4 is 22.6 Å². The number of nitrogens with one attached hydrogen (secondary N) is 2. The highest BCUT2D eigenvalue weighted by atomic mass is 16.7. The molecular formula is C29H27N3O7. The summed E-state index contributed by atoms with van der Waals surface area (Å²) in [6.07, 6.45) is 1.79. The number of anilines is 1. The summed E-state index contributed by atoms with van der Waals surface area (Å²) in [5.41, 5.74) is 4.60. The molecule has 4 atom stereocenters. The number of methoxy groups -OCH3 is 3. The molecule has 0 spiro atoms. The van der Waals surface area contributed by atoms with E-state index in [1.165, 1.54) is 0 Å². The van der Waals surface area contributed by atoms with Gasteiger partial charge in [-0.15, -0.1) is 0 Å². The van der Waals surface area contributed by atoms with Crippen molar-refractivity contribution < 1.29 is 33.2 Å². The lowest BCUT2D eigenvalue weighted by Gasteiger charge is -2.40. The molecule has 0 saturated carbocycles.